The highest BCUT2D eigenvalue weighted by atomic mass is 15.0. The summed E-state index contributed by atoms with van der Waals surface area (Å²) in [6.07, 6.45) is 3.91. The fraction of sp³-hybridized carbons (Fsp3) is 0.0625. The van der Waals surface area contributed by atoms with Gasteiger partial charge in [0.2, 0.25) is 0 Å². The zero-order chi connectivity index (χ0) is 33.4. The molecule has 236 valence electrons. The molecule has 0 aliphatic heterocycles. The van der Waals surface area contributed by atoms with Gasteiger partial charge in [0.25, 0.3) is 0 Å². The first-order valence-corrected chi connectivity index (χ1v) is 17.4. The van der Waals surface area contributed by atoms with Crippen LogP contribution in [0.2, 0.25) is 0 Å². The standard InChI is InChI=1S/C48H34N2/c1-48(2)44-27-34(31-15-17-33(18-16-31)43-30-49-29-36-9-3-4-10-38(36)43)21-25-39(44)40-26-22-35(28-45(40)48)32-19-23-37(24-20-32)50-46-13-7-5-11-41(46)42-12-6-8-14-47(42)50/h3-30H,1-2H3. The van der Waals surface area contributed by atoms with Crippen molar-refractivity contribution >= 4 is 32.6 Å². The van der Waals surface area contributed by atoms with Crippen LogP contribution in [0.1, 0.15) is 25.0 Å². The minimum atomic E-state index is -0.117. The van der Waals surface area contributed by atoms with Gasteiger partial charge in [0.05, 0.1) is 11.0 Å². The summed E-state index contributed by atoms with van der Waals surface area (Å²) in [5, 5.41) is 4.96. The maximum absolute atomic E-state index is 4.50. The molecule has 0 atom stereocenters. The van der Waals surface area contributed by atoms with E-state index in [4.69, 9.17) is 0 Å². The molecular weight excluding hydrogens is 605 g/mol. The van der Waals surface area contributed by atoms with Gasteiger partial charge >= 0.3 is 0 Å². The first-order chi connectivity index (χ1) is 24.5. The van der Waals surface area contributed by atoms with Gasteiger partial charge in [0.1, 0.15) is 0 Å². The minimum absolute atomic E-state index is 0.117. The lowest BCUT2D eigenvalue weighted by atomic mass is 9.81. The normalized spacial score (nSPS) is 13.2. The molecule has 0 N–H and O–H groups in total. The molecule has 0 saturated heterocycles. The highest BCUT2D eigenvalue weighted by Crippen LogP contribution is 2.50. The molecule has 0 radical (unpaired) electrons. The van der Waals surface area contributed by atoms with E-state index in [-0.39, 0.29) is 5.41 Å². The summed E-state index contributed by atoms with van der Waals surface area (Å²) in [4.78, 5) is 4.50. The zero-order valence-electron chi connectivity index (χ0n) is 28.1. The Labute approximate surface area is 291 Å². The van der Waals surface area contributed by atoms with E-state index in [1.165, 1.54) is 83.0 Å². The Bertz CT molecular complexity index is 2710. The molecule has 0 bridgehead atoms. The van der Waals surface area contributed by atoms with Crippen molar-refractivity contribution in [3.63, 3.8) is 0 Å². The van der Waals surface area contributed by atoms with Crippen LogP contribution < -0.4 is 0 Å². The van der Waals surface area contributed by atoms with Gasteiger partial charge in [-0.3, -0.25) is 4.98 Å². The summed E-state index contributed by atoms with van der Waals surface area (Å²) in [7, 11) is 0. The molecule has 0 spiro atoms. The van der Waals surface area contributed by atoms with Gasteiger partial charge in [-0.25, -0.2) is 0 Å². The predicted molar refractivity (Wildman–Crippen MR) is 210 cm³/mol. The summed E-state index contributed by atoms with van der Waals surface area (Å²) >= 11 is 0. The van der Waals surface area contributed by atoms with Crippen molar-refractivity contribution in [1.29, 1.82) is 0 Å². The quantitative estimate of drug-likeness (QED) is 0.188. The van der Waals surface area contributed by atoms with Crippen LogP contribution >= 0.6 is 0 Å². The number of nitrogens with zero attached hydrogens (tertiary/aromatic N) is 2. The van der Waals surface area contributed by atoms with Crippen molar-refractivity contribution in [2.75, 3.05) is 0 Å². The lowest BCUT2D eigenvalue weighted by Crippen LogP contribution is -2.15. The van der Waals surface area contributed by atoms with Crippen molar-refractivity contribution < 1.29 is 0 Å². The van der Waals surface area contributed by atoms with Crippen molar-refractivity contribution in [2.24, 2.45) is 0 Å². The molecule has 9 aromatic rings. The van der Waals surface area contributed by atoms with Gasteiger partial charge < -0.3 is 4.57 Å². The molecule has 7 aromatic carbocycles. The number of hydrogen-bond acceptors (Lipinski definition) is 1. The van der Waals surface area contributed by atoms with E-state index in [1.807, 2.05) is 12.4 Å². The molecular formula is C48H34N2. The number of pyridine rings is 1. The fourth-order valence-electron chi connectivity index (χ4n) is 8.29. The monoisotopic (exact) mass is 638 g/mol. The zero-order valence-corrected chi connectivity index (χ0v) is 28.1. The topological polar surface area (TPSA) is 17.8 Å². The molecule has 10 rings (SSSR count). The van der Waals surface area contributed by atoms with Gasteiger partial charge in [-0.05, 0) is 91.9 Å². The van der Waals surface area contributed by atoms with Gasteiger partial charge in [0.15, 0.2) is 0 Å². The van der Waals surface area contributed by atoms with E-state index < -0.39 is 0 Å². The van der Waals surface area contributed by atoms with Crippen LogP contribution in [-0.4, -0.2) is 9.55 Å². The number of benzene rings is 7. The third kappa shape index (κ3) is 4.32. The second kappa shape index (κ2) is 10.9. The van der Waals surface area contributed by atoms with Crippen LogP contribution in [0.15, 0.2) is 170 Å². The summed E-state index contributed by atoms with van der Waals surface area (Å²) < 4.78 is 2.38. The molecule has 0 unspecified atom stereocenters. The van der Waals surface area contributed by atoms with E-state index in [2.05, 4.69) is 181 Å². The predicted octanol–water partition coefficient (Wildman–Crippen LogP) is 12.6. The number of aromatic nitrogens is 2. The maximum Gasteiger partial charge on any atom is 0.0541 e. The Balaban J connectivity index is 0.970. The lowest BCUT2D eigenvalue weighted by Gasteiger charge is -2.22. The van der Waals surface area contributed by atoms with Gasteiger partial charge in [0, 0.05) is 45.2 Å². The Morgan fingerprint density at radius 1 is 0.420 bits per heavy atom. The Morgan fingerprint density at radius 3 is 1.50 bits per heavy atom. The molecule has 2 aromatic heterocycles. The van der Waals surface area contributed by atoms with E-state index in [0.29, 0.717) is 0 Å². The smallest absolute Gasteiger partial charge is 0.0541 e. The van der Waals surface area contributed by atoms with Crippen LogP contribution in [-0.2, 0) is 5.41 Å². The Kier molecular flexibility index (Phi) is 6.25. The van der Waals surface area contributed by atoms with Gasteiger partial charge in [-0.2, -0.15) is 0 Å². The van der Waals surface area contributed by atoms with Crippen LogP contribution in [0.3, 0.4) is 0 Å². The summed E-state index contributed by atoms with van der Waals surface area (Å²) in [5.74, 6) is 0. The fourth-order valence-corrected chi connectivity index (χ4v) is 8.29. The third-order valence-electron chi connectivity index (χ3n) is 10.9. The minimum Gasteiger partial charge on any atom is -0.309 e. The molecule has 1 aliphatic carbocycles. The van der Waals surface area contributed by atoms with Crippen LogP contribution in [0.5, 0.6) is 0 Å². The Morgan fingerprint density at radius 2 is 0.900 bits per heavy atom. The first-order valence-electron chi connectivity index (χ1n) is 17.4. The second-order valence-electron chi connectivity index (χ2n) is 14.0. The molecule has 2 nitrogen and oxygen atoms in total. The molecule has 2 heteroatoms. The Hall–Kier alpha value is -6.25. The van der Waals surface area contributed by atoms with Gasteiger partial charge in [-0.15, -0.1) is 0 Å². The largest absolute Gasteiger partial charge is 0.309 e. The number of hydrogen-bond donors (Lipinski definition) is 0. The summed E-state index contributed by atoms with van der Waals surface area (Å²) in [6, 6.07) is 57.9. The van der Waals surface area contributed by atoms with Crippen molar-refractivity contribution in [3.05, 3.63) is 181 Å². The second-order valence-corrected chi connectivity index (χ2v) is 14.0. The van der Waals surface area contributed by atoms with Crippen LogP contribution in [0.25, 0.3) is 82.8 Å². The molecule has 0 fully saturated rings. The highest BCUT2D eigenvalue weighted by molar-refractivity contribution is 6.09. The van der Waals surface area contributed by atoms with Crippen molar-refractivity contribution in [3.8, 4) is 50.2 Å². The summed E-state index contributed by atoms with van der Waals surface area (Å²) in [5.41, 5.74) is 16.2. The molecule has 1 aliphatic rings. The van der Waals surface area contributed by atoms with Crippen LogP contribution in [0, 0.1) is 0 Å². The average Bonchev–Trinajstić information content (AvgIpc) is 3.63. The molecule has 2 heterocycles. The first kappa shape index (κ1) is 28.7. The lowest BCUT2D eigenvalue weighted by molar-refractivity contribution is 0.661. The van der Waals surface area contributed by atoms with E-state index >= 15 is 0 Å². The average molecular weight is 639 g/mol. The van der Waals surface area contributed by atoms with Crippen LogP contribution in [0.4, 0.5) is 0 Å². The van der Waals surface area contributed by atoms with Crippen molar-refractivity contribution in [2.45, 2.75) is 19.3 Å². The third-order valence-corrected chi connectivity index (χ3v) is 10.9. The van der Waals surface area contributed by atoms with Crippen molar-refractivity contribution in [1.82, 2.24) is 9.55 Å². The number of rotatable bonds is 4. The summed E-state index contributed by atoms with van der Waals surface area (Å²) in [6.45, 7) is 4.74. The van der Waals surface area contributed by atoms with E-state index in [9.17, 15) is 0 Å². The number of para-hydroxylation sites is 2. The highest BCUT2D eigenvalue weighted by Gasteiger charge is 2.36. The maximum atomic E-state index is 4.50. The van der Waals surface area contributed by atoms with E-state index in [1.54, 1.807) is 0 Å². The number of fused-ring (bicyclic) bond motifs is 7. The molecule has 0 saturated carbocycles. The molecule has 50 heavy (non-hydrogen) atoms. The SMILES string of the molecule is CC1(C)c2cc(-c3ccc(-c4cncc5ccccc45)cc3)ccc2-c2ccc(-c3ccc(-n4c5ccccc5c5ccccc54)cc3)cc21. The van der Waals surface area contributed by atoms with E-state index in [0.717, 1.165) is 10.9 Å². The van der Waals surface area contributed by atoms with Gasteiger partial charge in [-0.1, -0.05) is 135 Å². The molecule has 0 amide bonds.